The Balaban J connectivity index is 2.29. The first kappa shape index (κ1) is 18.8. The van der Waals surface area contributed by atoms with Gasteiger partial charge in [0, 0.05) is 11.8 Å². The van der Waals surface area contributed by atoms with Gasteiger partial charge in [-0.1, -0.05) is 24.9 Å². The van der Waals surface area contributed by atoms with Gasteiger partial charge in [0.1, 0.15) is 0 Å². The molecule has 25 heavy (non-hydrogen) atoms. The van der Waals surface area contributed by atoms with E-state index in [0.29, 0.717) is 12.1 Å². The normalized spacial score (nSPS) is 12.3. The molecule has 0 aliphatic heterocycles. The fourth-order valence-electron chi connectivity index (χ4n) is 2.01. The first-order valence-corrected chi connectivity index (χ1v) is 7.65. The highest BCUT2D eigenvalue weighted by molar-refractivity contribution is 6.33. The second-order valence-electron chi connectivity index (χ2n) is 5.12. The van der Waals surface area contributed by atoms with Crippen molar-refractivity contribution < 1.29 is 13.2 Å². The molecule has 2 rings (SSSR count). The number of rotatable bonds is 4. The van der Waals surface area contributed by atoms with Gasteiger partial charge in [0.15, 0.2) is 0 Å². The summed E-state index contributed by atoms with van der Waals surface area (Å²) in [5.41, 5.74) is 4.86. The van der Waals surface area contributed by atoms with E-state index in [0.717, 1.165) is 24.6 Å². The van der Waals surface area contributed by atoms with Gasteiger partial charge in [-0.2, -0.15) is 18.2 Å². The number of halogens is 4. The summed E-state index contributed by atoms with van der Waals surface area (Å²) in [4.78, 5) is 21.9. The van der Waals surface area contributed by atoms with Gasteiger partial charge in [-0.25, -0.2) is 4.98 Å². The number of nitrogens with one attached hydrogen (secondary N) is 2. The second-order valence-corrected chi connectivity index (χ2v) is 5.53. The molecule has 4 N–H and O–H groups in total. The Labute approximate surface area is 145 Å². The quantitative estimate of drug-likeness (QED) is 0.565. The predicted octanol–water partition coefficient (Wildman–Crippen LogP) is 3.45. The zero-order chi connectivity index (χ0) is 18.6. The van der Waals surface area contributed by atoms with E-state index in [2.05, 4.69) is 20.3 Å². The summed E-state index contributed by atoms with van der Waals surface area (Å²) < 4.78 is 38.3. The Hall–Kier alpha value is -2.55. The van der Waals surface area contributed by atoms with Crippen LogP contribution in [0.3, 0.4) is 0 Å². The molecular formula is C15H15ClF3N5O. The minimum atomic E-state index is -4.52. The number of anilines is 1. The topological polar surface area (TPSA) is 96.2 Å². The van der Waals surface area contributed by atoms with Crippen LogP contribution >= 0.6 is 11.6 Å². The van der Waals surface area contributed by atoms with Crippen molar-refractivity contribution in [2.75, 3.05) is 5.32 Å². The predicted molar refractivity (Wildman–Crippen MR) is 90.2 cm³/mol. The molecule has 134 valence electrons. The van der Waals surface area contributed by atoms with Crippen LogP contribution in [0.4, 0.5) is 24.8 Å². The molecular weight excluding hydrogens is 359 g/mol. The van der Waals surface area contributed by atoms with Gasteiger partial charge in [0.25, 0.3) is 5.56 Å². The van der Waals surface area contributed by atoms with E-state index in [-0.39, 0.29) is 22.6 Å². The van der Waals surface area contributed by atoms with Crippen LogP contribution in [0.1, 0.15) is 24.6 Å². The minimum Gasteiger partial charge on any atom is -0.369 e. The van der Waals surface area contributed by atoms with Crippen molar-refractivity contribution in [3.05, 3.63) is 50.9 Å². The molecule has 1 heterocycles. The van der Waals surface area contributed by atoms with Crippen molar-refractivity contribution in [2.45, 2.75) is 25.9 Å². The van der Waals surface area contributed by atoms with E-state index >= 15 is 0 Å². The minimum absolute atomic E-state index is 0.0346. The third-order valence-corrected chi connectivity index (χ3v) is 3.40. The van der Waals surface area contributed by atoms with Crippen LogP contribution in [0.5, 0.6) is 0 Å². The lowest BCUT2D eigenvalue weighted by molar-refractivity contribution is -0.137. The zero-order valence-corrected chi connectivity index (χ0v) is 13.9. The number of nitrogens with zero attached hydrogens (tertiary/aromatic N) is 2. The number of aliphatic imine (C=N–C) groups is 1. The Kier molecular flexibility index (Phi) is 5.68. The highest BCUT2D eigenvalue weighted by Crippen LogP contribution is 2.33. The molecule has 0 aliphatic carbocycles. The lowest BCUT2D eigenvalue weighted by atomic mass is 10.2. The second kappa shape index (κ2) is 7.56. The molecule has 0 amide bonds. The monoisotopic (exact) mass is 373 g/mol. The Bertz CT molecular complexity index is 848. The van der Waals surface area contributed by atoms with Crippen molar-refractivity contribution in [3.63, 3.8) is 0 Å². The van der Waals surface area contributed by atoms with E-state index < -0.39 is 17.3 Å². The average molecular weight is 374 g/mol. The summed E-state index contributed by atoms with van der Waals surface area (Å²) in [6.07, 6.45) is -3.15. The number of hydrogen-bond donors (Lipinski definition) is 3. The molecule has 1 aromatic heterocycles. The van der Waals surface area contributed by atoms with Crippen molar-refractivity contribution in [1.29, 1.82) is 0 Å². The molecule has 0 fully saturated rings. The third-order valence-electron chi connectivity index (χ3n) is 3.07. The summed E-state index contributed by atoms with van der Waals surface area (Å²) in [5, 5.41) is 2.51. The van der Waals surface area contributed by atoms with Crippen molar-refractivity contribution in [3.8, 4) is 0 Å². The molecule has 0 aliphatic rings. The molecule has 0 saturated carbocycles. The standard InChI is InChI=1S/C15H15ClF3N5O/c1-2-3-9-7-12(25)23-14(21-9)24-13(20)22-11-6-8(15(17,18)19)4-5-10(11)16/h4-7H,2-3H2,1H3,(H4,20,21,22,23,24,25). The van der Waals surface area contributed by atoms with Gasteiger partial charge in [-0.05, 0) is 24.6 Å². The van der Waals surface area contributed by atoms with Crippen molar-refractivity contribution >= 4 is 29.2 Å². The van der Waals surface area contributed by atoms with Gasteiger partial charge in [-0.15, -0.1) is 0 Å². The molecule has 0 unspecified atom stereocenters. The smallest absolute Gasteiger partial charge is 0.369 e. The van der Waals surface area contributed by atoms with E-state index in [1.807, 2.05) is 6.92 Å². The van der Waals surface area contributed by atoms with Crippen LogP contribution in [-0.2, 0) is 12.6 Å². The van der Waals surface area contributed by atoms with Crippen LogP contribution in [0, 0.1) is 0 Å². The maximum atomic E-state index is 12.8. The number of H-pyrrole nitrogens is 1. The highest BCUT2D eigenvalue weighted by atomic mass is 35.5. The Morgan fingerprint density at radius 3 is 2.76 bits per heavy atom. The fourth-order valence-corrected chi connectivity index (χ4v) is 2.17. The first-order valence-electron chi connectivity index (χ1n) is 7.27. The van der Waals surface area contributed by atoms with E-state index in [1.165, 1.54) is 6.07 Å². The maximum Gasteiger partial charge on any atom is 0.416 e. The van der Waals surface area contributed by atoms with E-state index in [9.17, 15) is 18.0 Å². The number of nitrogens with two attached hydrogens (primary N) is 1. The molecule has 0 atom stereocenters. The summed E-state index contributed by atoms with van der Waals surface area (Å²) >= 11 is 5.87. The SMILES string of the molecule is CCCc1cc(=O)[nH]c(/N=C(\N)Nc2cc(C(F)(F)F)ccc2Cl)n1. The molecule has 1 aromatic carbocycles. The number of hydrogen-bond acceptors (Lipinski definition) is 3. The molecule has 6 nitrogen and oxygen atoms in total. The van der Waals surface area contributed by atoms with Crippen LogP contribution in [0.25, 0.3) is 0 Å². The lowest BCUT2D eigenvalue weighted by Gasteiger charge is -2.11. The van der Waals surface area contributed by atoms with Gasteiger partial charge in [-0.3, -0.25) is 9.78 Å². The van der Waals surface area contributed by atoms with E-state index in [1.54, 1.807) is 0 Å². The van der Waals surface area contributed by atoms with Crippen LogP contribution in [-0.4, -0.2) is 15.9 Å². The van der Waals surface area contributed by atoms with Crippen LogP contribution in [0.15, 0.2) is 34.1 Å². The molecule has 2 aromatic rings. The lowest BCUT2D eigenvalue weighted by Crippen LogP contribution is -2.23. The summed E-state index contributed by atoms with van der Waals surface area (Å²) in [6.45, 7) is 1.93. The fraction of sp³-hybridized carbons (Fsp3) is 0.267. The third kappa shape index (κ3) is 5.21. The molecule has 0 radical (unpaired) electrons. The van der Waals surface area contributed by atoms with Crippen LogP contribution in [0.2, 0.25) is 5.02 Å². The summed E-state index contributed by atoms with van der Waals surface area (Å²) in [7, 11) is 0. The van der Waals surface area contributed by atoms with Gasteiger partial charge < -0.3 is 11.1 Å². The molecule has 0 bridgehead atoms. The van der Waals surface area contributed by atoms with Gasteiger partial charge >= 0.3 is 6.18 Å². The number of aromatic nitrogens is 2. The first-order chi connectivity index (χ1) is 11.7. The zero-order valence-electron chi connectivity index (χ0n) is 13.1. The van der Waals surface area contributed by atoms with Crippen molar-refractivity contribution in [2.24, 2.45) is 10.7 Å². The largest absolute Gasteiger partial charge is 0.416 e. The molecule has 0 spiro atoms. The number of guanidine groups is 1. The number of benzene rings is 1. The average Bonchev–Trinajstić information content (AvgIpc) is 2.48. The van der Waals surface area contributed by atoms with Gasteiger partial charge in [0.05, 0.1) is 16.3 Å². The summed E-state index contributed by atoms with van der Waals surface area (Å²) in [6, 6.07) is 4.11. The molecule has 10 heteroatoms. The highest BCUT2D eigenvalue weighted by Gasteiger charge is 2.31. The van der Waals surface area contributed by atoms with Crippen molar-refractivity contribution in [1.82, 2.24) is 9.97 Å². The van der Waals surface area contributed by atoms with Crippen LogP contribution < -0.4 is 16.6 Å². The Morgan fingerprint density at radius 2 is 2.12 bits per heavy atom. The Morgan fingerprint density at radius 1 is 1.40 bits per heavy atom. The molecule has 0 saturated heterocycles. The van der Waals surface area contributed by atoms with Gasteiger partial charge in [0.2, 0.25) is 11.9 Å². The van der Waals surface area contributed by atoms with E-state index in [4.69, 9.17) is 17.3 Å². The summed E-state index contributed by atoms with van der Waals surface area (Å²) in [5.74, 6) is -0.318. The number of aryl methyl sites for hydroxylation is 1. The maximum absolute atomic E-state index is 12.8. The number of aromatic amines is 1. The number of alkyl halides is 3.